The van der Waals surface area contributed by atoms with Crippen molar-refractivity contribution >= 4 is 46.9 Å². The van der Waals surface area contributed by atoms with Crippen LogP contribution < -0.4 is 9.79 Å². The van der Waals surface area contributed by atoms with Gasteiger partial charge in [0.25, 0.3) is 0 Å². The SMILES string of the molecule is CO[P+](=O)[O-].CO[P+](=O)[O-].C[C](C)(C)[Al+][C](C)(C)C.C[C](C)(C)[Al+][C](C)(C)C. The molecule has 0 amide bonds. The van der Waals surface area contributed by atoms with Crippen LogP contribution in [0.1, 0.15) is 83.1 Å². The first-order chi connectivity index (χ1) is 12.0. The molecule has 164 valence electrons. The summed E-state index contributed by atoms with van der Waals surface area (Å²) in [7, 11) is -2.99. The molecule has 28 heavy (non-hydrogen) atoms. The van der Waals surface area contributed by atoms with E-state index in [-0.39, 0.29) is 0 Å². The van der Waals surface area contributed by atoms with Gasteiger partial charge in [0.05, 0.1) is 14.2 Å². The summed E-state index contributed by atoms with van der Waals surface area (Å²) in [6, 6.07) is 0. The average Bonchev–Trinajstić information content (AvgIpc) is 2.31. The van der Waals surface area contributed by atoms with Crippen molar-refractivity contribution in [1.82, 2.24) is 0 Å². The molecule has 0 bridgehead atoms. The molecule has 0 aromatic carbocycles. The summed E-state index contributed by atoms with van der Waals surface area (Å²) >= 11 is 1.14. The Hall–Kier alpha value is 1.10. The van der Waals surface area contributed by atoms with Crippen molar-refractivity contribution in [3.63, 3.8) is 0 Å². The monoisotopic (exact) mass is 470 g/mol. The van der Waals surface area contributed by atoms with E-state index < -0.39 is 16.5 Å². The van der Waals surface area contributed by atoms with E-state index in [4.69, 9.17) is 0 Å². The molecule has 2 atom stereocenters. The van der Waals surface area contributed by atoms with Gasteiger partial charge in [-0.2, -0.15) is 9.05 Å². The maximum atomic E-state index is 9.18. The molecule has 0 saturated carbocycles. The zero-order chi connectivity index (χ0) is 24.0. The molecule has 6 nitrogen and oxygen atoms in total. The van der Waals surface area contributed by atoms with E-state index in [1.165, 1.54) is 0 Å². The molecule has 0 aliphatic rings. The van der Waals surface area contributed by atoms with Crippen LogP contribution in [-0.4, -0.2) is 44.7 Å². The van der Waals surface area contributed by atoms with Crippen molar-refractivity contribution in [2.45, 2.75) is 100 Å². The second kappa shape index (κ2) is 16.8. The summed E-state index contributed by atoms with van der Waals surface area (Å²) in [6.07, 6.45) is 0. The molecule has 0 saturated heterocycles. The van der Waals surface area contributed by atoms with Crippen molar-refractivity contribution in [1.29, 1.82) is 0 Å². The molecule has 0 heterocycles. The van der Waals surface area contributed by atoms with Gasteiger partial charge in [0.15, 0.2) is 0 Å². The first kappa shape index (κ1) is 36.5. The Balaban J connectivity index is -0.000000143. The number of rotatable bonds is 2. The van der Waals surface area contributed by atoms with Gasteiger partial charge in [-0.3, -0.25) is 0 Å². The number of hydrogen-bond acceptors (Lipinski definition) is 6. The molecule has 10 heteroatoms. The first-order valence-corrected chi connectivity index (χ1v) is 13.6. The minimum absolute atomic E-state index is 0.568. The maximum absolute atomic E-state index is 9.18. The second-order valence-corrected chi connectivity index (χ2v) is 19.7. The van der Waals surface area contributed by atoms with Crippen molar-refractivity contribution in [2.24, 2.45) is 0 Å². The van der Waals surface area contributed by atoms with Crippen LogP contribution in [0.15, 0.2) is 0 Å². The molecule has 0 spiro atoms. The number of hydrogen-bond donors (Lipinski definition) is 0. The molecule has 0 aromatic heterocycles. The summed E-state index contributed by atoms with van der Waals surface area (Å²) < 4.78 is 28.0. The van der Waals surface area contributed by atoms with Gasteiger partial charge < -0.3 is 9.79 Å². The Morgan fingerprint density at radius 3 is 0.643 bits per heavy atom. The van der Waals surface area contributed by atoms with E-state index >= 15 is 0 Å². The second-order valence-electron chi connectivity index (χ2n) is 10.6. The molecular formula is C18H42Al2O6P2+2. The molecular weight excluding hydrogens is 428 g/mol. The minimum atomic E-state index is -2.60. The molecule has 0 aliphatic carbocycles. The third kappa shape index (κ3) is 63.1. The summed E-state index contributed by atoms with van der Waals surface area (Å²) in [5.41, 5.74) is 0. The molecule has 0 fully saturated rings. The average molecular weight is 470 g/mol. The summed E-state index contributed by atoms with van der Waals surface area (Å²) in [5, 5.41) is 0. The van der Waals surface area contributed by atoms with Crippen LogP contribution in [0.4, 0.5) is 0 Å². The van der Waals surface area contributed by atoms with Gasteiger partial charge in [0.1, 0.15) is 0 Å². The fourth-order valence-corrected chi connectivity index (χ4v) is 7.79. The van der Waals surface area contributed by atoms with Crippen LogP contribution in [0, 0.1) is 0 Å². The Labute approximate surface area is 188 Å². The van der Waals surface area contributed by atoms with Gasteiger partial charge in [-0.1, -0.05) is 0 Å². The third-order valence-corrected chi connectivity index (χ3v) is 6.09. The van der Waals surface area contributed by atoms with Crippen LogP contribution in [0.25, 0.3) is 0 Å². The van der Waals surface area contributed by atoms with E-state index in [9.17, 15) is 18.9 Å². The molecule has 0 N–H and O–H groups in total. The Bertz CT molecular complexity index is 356. The van der Waals surface area contributed by atoms with Crippen LogP contribution in [-0.2, 0) is 18.2 Å². The van der Waals surface area contributed by atoms with Crippen molar-refractivity contribution in [3.05, 3.63) is 0 Å². The normalized spacial score (nSPS) is 12.4. The van der Waals surface area contributed by atoms with Gasteiger partial charge in [0.2, 0.25) is 0 Å². The Morgan fingerprint density at radius 1 is 0.536 bits per heavy atom. The fourth-order valence-electron chi connectivity index (χ4n) is 2.60. The topological polar surface area (TPSA) is 98.7 Å². The van der Waals surface area contributed by atoms with Crippen LogP contribution in [0.5, 0.6) is 0 Å². The van der Waals surface area contributed by atoms with E-state index in [2.05, 4.69) is 92.1 Å². The quantitative estimate of drug-likeness (QED) is 0.387. The summed E-state index contributed by atoms with van der Waals surface area (Å²) in [5.74, 6) is 0. The predicted octanol–water partition coefficient (Wildman–Crippen LogP) is 5.56. The summed E-state index contributed by atoms with van der Waals surface area (Å²) in [4.78, 5) is 18.4. The van der Waals surface area contributed by atoms with Gasteiger partial charge >= 0.3 is 147 Å². The van der Waals surface area contributed by atoms with Crippen molar-refractivity contribution in [2.75, 3.05) is 14.2 Å². The van der Waals surface area contributed by atoms with Crippen molar-refractivity contribution < 1.29 is 28.0 Å². The van der Waals surface area contributed by atoms with E-state index in [1.807, 2.05) is 0 Å². The van der Waals surface area contributed by atoms with E-state index in [1.54, 1.807) is 0 Å². The molecule has 0 rings (SSSR count). The van der Waals surface area contributed by atoms with Gasteiger partial charge in [0, 0.05) is 0 Å². The van der Waals surface area contributed by atoms with E-state index in [0.29, 0.717) is 47.5 Å². The Kier molecular flexibility index (Phi) is 21.8. The van der Waals surface area contributed by atoms with Crippen LogP contribution >= 0.6 is 16.5 Å². The third-order valence-electron chi connectivity index (χ3n) is 2.03. The van der Waals surface area contributed by atoms with Gasteiger partial charge in [-0.05, 0) is 9.13 Å². The standard InChI is InChI=1S/4C4H9.2CH3O3P.2Al/c4*1-4(2)3;2*1-4-5(2)3;;/h4*1-3H3;2*1H3;;/q;;;;;;2*+1. The molecule has 0 aromatic rings. The van der Waals surface area contributed by atoms with Gasteiger partial charge in [-0.15, -0.1) is 0 Å². The molecule has 0 radical (unpaired) electrons. The first-order valence-electron chi connectivity index (χ1n) is 9.07. The Morgan fingerprint density at radius 2 is 0.643 bits per heavy atom. The van der Waals surface area contributed by atoms with E-state index in [0.717, 1.165) is 14.2 Å². The summed E-state index contributed by atoms with van der Waals surface area (Å²) in [6.45, 7) is 27.9. The predicted molar refractivity (Wildman–Crippen MR) is 120 cm³/mol. The molecule has 0 aliphatic heterocycles. The zero-order valence-corrected chi connectivity index (χ0v) is 24.6. The molecule has 2 unspecified atom stereocenters. The van der Waals surface area contributed by atoms with Crippen LogP contribution in [0.3, 0.4) is 0 Å². The zero-order valence-electron chi connectivity index (χ0n) is 20.5. The van der Waals surface area contributed by atoms with Crippen LogP contribution in [0.2, 0.25) is 17.1 Å². The van der Waals surface area contributed by atoms with Gasteiger partial charge in [-0.25, -0.2) is 0 Å². The fraction of sp³-hybridized carbons (Fsp3) is 1.00. The van der Waals surface area contributed by atoms with Crippen molar-refractivity contribution in [3.8, 4) is 0 Å².